The highest BCUT2D eigenvalue weighted by atomic mass is 19.1. The van der Waals surface area contributed by atoms with Gasteiger partial charge in [-0.25, -0.2) is 9.18 Å². The molecule has 0 bridgehead atoms. The van der Waals surface area contributed by atoms with E-state index in [1.807, 2.05) is 32.9 Å². The number of benzene rings is 1. The summed E-state index contributed by atoms with van der Waals surface area (Å²) >= 11 is 0. The van der Waals surface area contributed by atoms with E-state index >= 15 is 0 Å². The topological polar surface area (TPSA) is 94.8 Å². The van der Waals surface area contributed by atoms with Gasteiger partial charge in [-0.1, -0.05) is 19.1 Å². The predicted octanol–water partition coefficient (Wildman–Crippen LogP) is 4.59. The molecule has 2 aromatic rings. The third-order valence-electron chi connectivity index (χ3n) is 4.81. The summed E-state index contributed by atoms with van der Waals surface area (Å²) in [7, 11) is 0. The van der Waals surface area contributed by atoms with Gasteiger partial charge in [-0.2, -0.15) is 0 Å². The normalized spacial score (nSPS) is 16.1. The fraction of sp³-hybridized carbons (Fsp3) is 0.364. The van der Waals surface area contributed by atoms with Gasteiger partial charge in [0, 0.05) is 25.4 Å². The van der Waals surface area contributed by atoms with Crippen molar-refractivity contribution in [2.45, 2.75) is 33.5 Å². The third kappa shape index (κ3) is 5.56. The van der Waals surface area contributed by atoms with Crippen LogP contribution in [-0.2, 0) is 11.3 Å². The van der Waals surface area contributed by atoms with E-state index in [2.05, 4.69) is 4.98 Å². The maximum absolute atomic E-state index is 13.9. The second-order valence-electron chi connectivity index (χ2n) is 7.60. The lowest BCUT2D eigenvalue weighted by Gasteiger charge is -2.31. The molecule has 0 spiro atoms. The summed E-state index contributed by atoms with van der Waals surface area (Å²) in [5.74, 6) is -0.757. The molecule has 1 aliphatic rings. The molecule has 0 N–H and O–H groups in total. The predicted molar refractivity (Wildman–Crippen MR) is 112 cm³/mol. The van der Waals surface area contributed by atoms with E-state index in [-0.39, 0.29) is 36.2 Å². The first-order valence-corrected chi connectivity index (χ1v) is 9.92. The quantitative estimate of drug-likeness (QED) is 0.492. The molecular formula is C22H24FN3O5. The minimum Gasteiger partial charge on any atom is -0.484 e. The van der Waals surface area contributed by atoms with Crippen LogP contribution in [0, 0.1) is 21.8 Å². The first-order chi connectivity index (χ1) is 14.7. The van der Waals surface area contributed by atoms with Gasteiger partial charge in [0.25, 0.3) is 5.69 Å². The zero-order chi connectivity index (χ0) is 22.5. The molecule has 1 atom stereocenters. The first-order valence-electron chi connectivity index (χ1n) is 9.92. The van der Waals surface area contributed by atoms with Crippen LogP contribution >= 0.6 is 0 Å². The van der Waals surface area contributed by atoms with Gasteiger partial charge in [0.2, 0.25) is 0 Å². The summed E-state index contributed by atoms with van der Waals surface area (Å²) in [5.41, 5.74) is 2.29. The Balaban J connectivity index is 1.62. The number of rotatable bonds is 6. The molecule has 1 aromatic carbocycles. The average molecular weight is 429 g/mol. The fourth-order valence-corrected chi connectivity index (χ4v) is 3.29. The van der Waals surface area contributed by atoms with E-state index in [1.165, 1.54) is 12.1 Å². The van der Waals surface area contributed by atoms with Gasteiger partial charge in [0.05, 0.1) is 22.8 Å². The SMILES string of the molecule is CC(C)OC(=O)N1CC=C(c2ccc(COc3ccc([N+](=O)[O-])cc3F)nc2)C(C)C1. The molecule has 0 radical (unpaired) electrons. The van der Waals surface area contributed by atoms with Crippen LogP contribution in [-0.4, -0.2) is 40.1 Å². The second-order valence-corrected chi connectivity index (χ2v) is 7.60. The van der Waals surface area contributed by atoms with Gasteiger partial charge >= 0.3 is 6.09 Å². The van der Waals surface area contributed by atoms with Gasteiger partial charge in [-0.15, -0.1) is 0 Å². The average Bonchev–Trinajstić information content (AvgIpc) is 2.72. The number of non-ortho nitro benzene ring substituents is 1. The van der Waals surface area contributed by atoms with Gasteiger partial charge in [-0.05, 0) is 43.0 Å². The summed E-state index contributed by atoms with van der Waals surface area (Å²) in [4.78, 5) is 28.1. The van der Waals surface area contributed by atoms with E-state index in [0.717, 1.165) is 17.2 Å². The van der Waals surface area contributed by atoms with Crippen molar-refractivity contribution < 1.29 is 23.6 Å². The van der Waals surface area contributed by atoms with Crippen LogP contribution in [0.25, 0.3) is 5.57 Å². The number of pyridine rings is 1. The molecule has 0 aliphatic carbocycles. The number of carbonyl (C=O) groups excluding carboxylic acids is 1. The van der Waals surface area contributed by atoms with E-state index < -0.39 is 10.7 Å². The maximum atomic E-state index is 13.9. The Labute approximate surface area is 179 Å². The summed E-state index contributed by atoms with van der Waals surface area (Å²) in [6.07, 6.45) is 3.23. The minimum absolute atomic E-state index is 0.0262. The largest absolute Gasteiger partial charge is 0.484 e. The molecule has 9 heteroatoms. The van der Waals surface area contributed by atoms with Gasteiger partial charge in [-0.3, -0.25) is 15.1 Å². The first kappa shape index (κ1) is 22.2. The Morgan fingerprint density at radius 3 is 2.71 bits per heavy atom. The molecule has 2 heterocycles. The molecular weight excluding hydrogens is 405 g/mol. The third-order valence-corrected chi connectivity index (χ3v) is 4.81. The smallest absolute Gasteiger partial charge is 0.410 e. The number of ether oxygens (including phenoxy) is 2. The van der Waals surface area contributed by atoms with Crippen molar-refractivity contribution in [1.29, 1.82) is 0 Å². The summed E-state index contributed by atoms with van der Waals surface area (Å²) in [5, 5.41) is 10.7. The second kappa shape index (κ2) is 9.55. The zero-order valence-electron chi connectivity index (χ0n) is 17.6. The lowest BCUT2D eigenvalue weighted by molar-refractivity contribution is -0.385. The molecule has 0 saturated carbocycles. The number of hydrogen-bond donors (Lipinski definition) is 0. The van der Waals surface area contributed by atoms with Crippen molar-refractivity contribution in [3.05, 3.63) is 69.8 Å². The highest BCUT2D eigenvalue weighted by Gasteiger charge is 2.25. The lowest BCUT2D eigenvalue weighted by Crippen LogP contribution is -2.39. The van der Waals surface area contributed by atoms with Crippen molar-refractivity contribution in [2.24, 2.45) is 5.92 Å². The van der Waals surface area contributed by atoms with E-state index in [0.29, 0.717) is 18.8 Å². The van der Waals surface area contributed by atoms with Gasteiger partial charge in [0.1, 0.15) is 6.61 Å². The minimum atomic E-state index is -0.799. The van der Waals surface area contributed by atoms with Crippen LogP contribution in [0.1, 0.15) is 32.0 Å². The monoisotopic (exact) mass is 429 g/mol. The van der Waals surface area contributed by atoms with E-state index in [1.54, 1.807) is 17.2 Å². The highest BCUT2D eigenvalue weighted by molar-refractivity contribution is 5.73. The molecule has 1 aromatic heterocycles. The number of carbonyl (C=O) groups is 1. The standard InChI is InChI=1S/C22H24FN3O5/c1-14(2)31-22(27)25-9-8-19(15(3)12-25)16-4-5-17(24-11-16)13-30-21-7-6-18(26(28)29)10-20(21)23/h4-8,10-11,14-15H,9,12-13H2,1-3H3. The Morgan fingerprint density at radius 1 is 1.35 bits per heavy atom. The number of hydrogen-bond acceptors (Lipinski definition) is 6. The molecule has 31 heavy (non-hydrogen) atoms. The molecule has 8 nitrogen and oxygen atoms in total. The molecule has 3 rings (SSSR count). The molecule has 1 aliphatic heterocycles. The van der Waals surface area contributed by atoms with E-state index in [4.69, 9.17) is 9.47 Å². The van der Waals surface area contributed by atoms with Crippen molar-refractivity contribution in [2.75, 3.05) is 13.1 Å². The van der Waals surface area contributed by atoms with E-state index in [9.17, 15) is 19.3 Å². The Bertz CT molecular complexity index is 991. The van der Waals surface area contributed by atoms with Gasteiger partial charge in [0.15, 0.2) is 11.6 Å². The molecule has 1 unspecified atom stereocenters. The summed E-state index contributed by atoms with van der Waals surface area (Å²) in [6.45, 7) is 6.73. The Kier molecular flexibility index (Phi) is 6.84. The van der Waals surface area contributed by atoms with Crippen LogP contribution in [0.3, 0.4) is 0 Å². The van der Waals surface area contributed by atoms with Crippen molar-refractivity contribution in [3.8, 4) is 5.75 Å². The fourth-order valence-electron chi connectivity index (χ4n) is 3.29. The highest BCUT2D eigenvalue weighted by Crippen LogP contribution is 2.28. The number of aromatic nitrogens is 1. The Morgan fingerprint density at radius 2 is 2.13 bits per heavy atom. The molecule has 1 amide bonds. The maximum Gasteiger partial charge on any atom is 0.410 e. The van der Waals surface area contributed by atoms with Crippen LogP contribution in [0.4, 0.5) is 14.9 Å². The number of nitro benzene ring substituents is 1. The van der Waals surface area contributed by atoms with Crippen molar-refractivity contribution >= 4 is 17.4 Å². The number of halogens is 1. The van der Waals surface area contributed by atoms with Crippen LogP contribution in [0.5, 0.6) is 5.75 Å². The Hall–Kier alpha value is -3.49. The molecule has 0 fully saturated rings. The molecule has 164 valence electrons. The van der Waals surface area contributed by atoms with Gasteiger partial charge < -0.3 is 14.4 Å². The lowest BCUT2D eigenvalue weighted by atomic mass is 9.91. The van der Waals surface area contributed by atoms with Crippen LogP contribution < -0.4 is 4.74 Å². The number of nitro groups is 1. The van der Waals surface area contributed by atoms with Crippen LogP contribution in [0.2, 0.25) is 0 Å². The van der Waals surface area contributed by atoms with Crippen molar-refractivity contribution in [1.82, 2.24) is 9.88 Å². The van der Waals surface area contributed by atoms with Crippen LogP contribution in [0.15, 0.2) is 42.6 Å². The number of amides is 1. The summed E-state index contributed by atoms with van der Waals surface area (Å²) in [6, 6.07) is 6.93. The number of nitrogens with zero attached hydrogens (tertiary/aromatic N) is 3. The van der Waals surface area contributed by atoms with Crippen molar-refractivity contribution in [3.63, 3.8) is 0 Å². The molecule has 0 saturated heterocycles. The summed E-state index contributed by atoms with van der Waals surface area (Å²) < 4.78 is 24.6. The zero-order valence-corrected chi connectivity index (χ0v) is 17.6.